The van der Waals surface area contributed by atoms with Crippen molar-refractivity contribution in [3.63, 3.8) is 0 Å². The van der Waals surface area contributed by atoms with Gasteiger partial charge in [0.05, 0.1) is 12.0 Å². The molecule has 150 valence electrons. The second-order valence-electron chi connectivity index (χ2n) is 6.47. The zero-order valence-corrected chi connectivity index (χ0v) is 17.0. The second-order valence-corrected chi connectivity index (χ2v) is 8.15. The van der Waals surface area contributed by atoms with Crippen LogP contribution in [-0.2, 0) is 16.6 Å². The maximum atomic E-state index is 12.8. The van der Waals surface area contributed by atoms with Crippen LogP contribution in [0.2, 0.25) is 0 Å². The molecule has 6 nitrogen and oxygen atoms in total. The highest BCUT2D eigenvalue weighted by Crippen LogP contribution is 2.21. The largest absolute Gasteiger partial charge is 0.496 e. The third-order valence-corrected chi connectivity index (χ3v) is 5.76. The Balaban J connectivity index is 1.77. The van der Waals surface area contributed by atoms with Crippen LogP contribution in [0.4, 0.5) is 5.69 Å². The third kappa shape index (κ3) is 4.94. The molecule has 0 atom stereocenters. The molecule has 0 saturated heterocycles. The number of hydrogen-bond acceptors (Lipinski definition) is 4. The normalized spacial score (nSPS) is 11.0. The van der Waals surface area contributed by atoms with Crippen LogP contribution in [0.1, 0.15) is 15.9 Å². The fraction of sp³-hybridized carbons (Fsp3) is 0.136. The summed E-state index contributed by atoms with van der Waals surface area (Å²) in [4.78, 5) is 14.6. The Labute approximate surface area is 170 Å². The molecule has 1 N–H and O–H groups in total. The molecule has 29 heavy (non-hydrogen) atoms. The number of carbonyl (C=O) groups excluding carboxylic acids is 1. The van der Waals surface area contributed by atoms with Crippen molar-refractivity contribution >= 4 is 21.6 Å². The van der Waals surface area contributed by atoms with Crippen molar-refractivity contribution < 1.29 is 17.9 Å². The summed E-state index contributed by atoms with van der Waals surface area (Å²) in [6, 6.07) is 22.0. The van der Waals surface area contributed by atoms with Gasteiger partial charge in [0.15, 0.2) is 0 Å². The summed E-state index contributed by atoms with van der Waals surface area (Å²) in [5.74, 6) is 0.480. The molecule has 0 aliphatic rings. The van der Waals surface area contributed by atoms with E-state index in [1.807, 2.05) is 24.3 Å². The first-order chi connectivity index (χ1) is 13.9. The van der Waals surface area contributed by atoms with Gasteiger partial charge in [-0.2, -0.15) is 0 Å². The van der Waals surface area contributed by atoms with Gasteiger partial charge in [-0.3, -0.25) is 9.52 Å². The average Bonchev–Trinajstić information content (AvgIpc) is 2.74. The number of anilines is 1. The van der Waals surface area contributed by atoms with Crippen molar-refractivity contribution in [3.05, 3.63) is 90.0 Å². The molecule has 0 aliphatic heterocycles. The summed E-state index contributed by atoms with van der Waals surface area (Å²) in [5, 5.41) is 0. The number of amides is 1. The molecule has 1 amide bonds. The molecule has 0 bridgehead atoms. The van der Waals surface area contributed by atoms with E-state index < -0.39 is 10.0 Å². The Morgan fingerprint density at radius 1 is 0.966 bits per heavy atom. The number of carbonyl (C=O) groups is 1. The van der Waals surface area contributed by atoms with Crippen molar-refractivity contribution in [2.75, 3.05) is 18.9 Å². The summed E-state index contributed by atoms with van der Waals surface area (Å²) >= 11 is 0. The predicted octanol–water partition coefficient (Wildman–Crippen LogP) is 3.77. The minimum atomic E-state index is -3.73. The molecule has 0 aromatic heterocycles. The minimum absolute atomic E-state index is 0.157. The molecular weight excluding hydrogens is 388 g/mol. The van der Waals surface area contributed by atoms with Crippen LogP contribution >= 0.6 is 0 Å². The quantitative estimate of drug-likeness (QED) is 0.643. The van der Waals surface area contributed by atoms with Crippen LogP contribution in [-0.4, -0.2) is 33.4 Å². The molecule has 0 saturated carbocycles. The monoisotopic (exact) mass is 410 g/mol. The van der Waals surface area contributed by atoms with Gasteiger partial charge < -0.3 is 9.64 Å². The van der Waals surface area contributed by atoms with Gasteiger partial charge in [-0.05, 0) is 36.4 Å². The van der Waals surface area contributed by atoms with Crippen molar-refractivity contribution in [1.29, 1.82) is 0 Å². The van der Waals surface area contributed by atoms with Crippen LogP contribution in [0.15, 0.2) is 83.8 Å². The Kier molecular flexibility index (Phi) is 6.19. The SMILES string of the molecule is COc1ccccc1CN(C)C(=O)c1cccc(NS(=O)(=O)c2ccccc2)c1. The Morgan fingerprint density at radius 3 is 2.38 bits per heavy atom. The van der Waals surface area contributed by atoms with E-state index in [0.717, 1.165) is 5.56 Å². The van der Waals surface area contributed by atoms with E-state index in [1.165, 1.54) is 18.2 Å². The molecule has 0 unspecified atom stereocenters. The second kappa shape index (κ2) is 8.79. The number of hydrogen-bond donors (Lipinski definition) is 1. The van der Waals surface area contributed by atoms with E-state index in [2.05, 4.69) is 4.72 Å². The lowest BCUT2D eigenvalue weighted by molar-refractivity contribution is 0.0784. The average molecular weight is 410 g/mol. The maximum Gasteiger partial charge on any atom is 0.261 e. The third-order valence-electron chi connectivity index (χ3n) is 4.36. The summed E-state index contributed by atoms with van der Waals surface area (Å²) in [5.41, 5.74) is 1.59. The van der Waals surface area contributed by atoms with E-state index >= 15 is 0 Å². The Hall–Kier alpha value is -3.32. The minimum Gasteiger partial charge on any atom is -0.496 e. The summed E-state index contributed by atoms with van der Waals surface area (Å²) < 4.78 is 32.9. The lowest BCUT2D eigenvalue weighted by atomic mass is 10.1. The molecule has 0 heterocycles. The molecule has 0 radical (unpaired) electrons. The number of ether oxygens (including phenoxy) is 1. The fourth-order valence-corrected chi connectivity index (χ4v) is 3.98. The van der Waals surface area contributed by atoms with Crippen molar-refractivity contribution in [2.45, 2.75) is 11.4 Å². The van der Waals surface area contributed by atoms with Crippen LogP contribution in [0.25, 0.3) is 0 Å². The van der Waals surface area contributed by atoms with E-state index in [-0.39, 0.29) is 10.8 Å². The Morgan fingerprint density at radius 2 is 1.66 bits per heavy atom. The maximum absolute atomic E-state index is 12.8. The molecule has 3 rings (SSSR count). The number of methoxy groups -OCH3 is 1. The first-order valence-electron chi connectivity index (χ1n) is 8.96. The molecular formula is C22H22N2O4S. The molecule has 3 aromatic carbocycles. The zero-order chi connectivity index (χ0) is 20.9. The van der Waals surface area contributed by atoms with Crippen LogP contribution in [0.3, 0.4) is 0 Å². The zero-order valence-electron chi connectivity index (χ0n) is 16.2. The molecule has 7 heteroatoms. The van der Waals surface area contributed by atoms with Gasteiger partial charge in [0.2, 0.25) is 0 Å². The topological polar surface area (TPSA) is 75.7 Å². The summed E-state index contributed by atoms with van der Waals surface area (Å²) in [7, 11) is -0.449. The lowest BCUT2D eigenvalue weighted by Gasteiger charge is -2.19. The van der Waals surface area contributed by atoms with E-state index in [9.17, 15) is 13.2 Å². The first-order valence-corrected chi connectivity index (χ1v) is 10.4. The first kappa shape index (κ1) is 20.4. The van der Waals surface area contributed by atoms with Crippen molar-refractivity contribution in [1.82, 2.24) is 4.90 Å². The van der Waals surface area contributed by atoms with E-state index in [0.29, 0.717) is 23.5 Å². The van der Waals surface area contributed by atoms with Crippen LogP contribution in [0.5, 0.6) is 5.75 Å². The van der Waals surface area contributed by atoms with Gasteiger partial charge in [0.25, 0.3) is 15.9 Å². The summed E-state index contributed by atoms with van der Waals surface area (Å²) in [6.07, 6.45) is 0. The number of sulfonamides is 1. The molecule has 3 aromatic rings. The standard InChI is InChI=1S/C22H22N2O4S/c1-24(16-18-9-6-7-14-21(18)28-2)22(25)17-10-8-11-19(15-17)23-29(26,27)20-12-4-3-5-13-20/h3-15,23H,16H2,1-2H3. The molecule has 0 spiro atoms. The van der Waals surface area contributed by atoms with Gasteiger partial charge in [0, 0.05) is 30.4 Å². The smallest absolute Gasteiger partial charge is 0.261 e. The van der Waals surface area contributed by atoms with Gasteiger partial charge in [-0.15, -0.1) is 0 Å². The number of nitrogens with zero attached hydrogens (tertiary/aromatic N) is 1. The van der Waals surface area contributed by atoms with Gasteiger partial charge in [-0.1, -0.05) is 42.5 Å². The number of nitrogens with one attached hydrogen (secondary N) is 1. The highest BCUT2D eigenvalue weighted by molar-refractivity contribution is 7.92. The van der Waals surface area contributed by atoms with E-state index in [1.54, 1.807) is 55.5 Å². The molecule has 0 aliphatic carbocycles. The van der Waals surface area contributed by atoms with Gasteiger partial charge >= 0.3 is 0 Å². The fourth-order valence-electron chi connectivity index (χ4n) is 2.91. The lowest BCUT2D eigenvalue weighted by Crippen LogP contribution is -2.26. The molecule has 0 fully saturated rings. The number of benzene rings is 3. The number of para-hydroxylation sites is 1. The van der Waals surface area contributed by atoms with Crippen molar-refractivity contribution in [2.24, 2.45) is 0 Å². The number of rotatable bonds is 7. The predicted molar refractivity (Wildman–Crippen MR) is 112 cm³/mol. The van der Waals surface area contributed by atoms with Crippen LogP contribution in [0, 0.1) is 0 Å². The highest BCUT2D eigenvalue weighted by Gasteiger charge is 2.17. The summed E-state index contributed by atoms with van der Waals surface area (Å²) in [6.45, 7) is 0.364. The van der Waals surface area contributed by atoms with Crippen molar-refractivity contribution in [3.8, 4) is 5.75 Å². The van der Waals surface area contributed by atoms with Crippen LogP contribution < -0.4 is 9.46 Å². The Bertz CT molecular complexity index is 1100. The highest BCUT2D eigenvalue weighted by atomic mass is 32.2. The van der Waals surface area contributed by atoms with Gasteiger partial charge in [-0.25, -0.2) is 8.42 Å². The van der Waals surface area contributed by atoms with Gasteiger partial charge in [0.1, 0.15) is 5.75 Å². The van der Waals surface area contributed by atoms with E-state index in [4.69, 9.17) is 4.74 Å².